The van der Waals surface area contributed by atoms with Crippen molar-refractivity contribution in [3.8, 4) is 94.7 Å². The van der Waals surface area contributed by atoms with Gasteiger partial charge in [-0.2, -0.15) is 0 Å². The number of hydrogen-bond acceptors (Lipinski definition) is 2. The monoisotopic (exact) mass is 1460 g/mol. The average molecular weight is 1460 g/mol. The van der Waals surface area contributed by atoms with Crippen LogP contribution in [0.25, 0.3) is 138 Å². The van der Waals surface area contributed by atoms with Crippen LogP contribution < -0.4 is 26.2 Å². The number of anilines is 6. The SMILES string of the molecule is CC(C)(C)c1cc(-c2ccccc2)c(N2c3cc(-c4c5ccccc5c(-c5cc(-c6ccccc6)ccc5-c5ccccc5)c5ccccc45)ccc3B3c4ccc(-n5c6ccccc6c6ccccc65)cc4N(c4c(-c5ccccc5)cc(C(C)(C)C)cc4-c4ccccc4)c4cc(C(C)(C)C)cc2c43)c(-c2ccccc2)c1. The Bertz CT molecular complexity index is 6590. The Balaban J connectivity index is 0.950. The smallest absolute Gasteiger partial charge is 0.252 e. The van der Waals surface area contributed by atoms with Gasteiger partial charge >= 0.3 is 0 Å². The number of para-hydroxylation sites is 2. The van der Waals surface area contributed by atoms with Crippen molar-refractivity contribution in [2.24, 2.45) is 0 Å². The molecule has 17 aromatic carbocycles. The summed E-state index contributed by atoms with van der Waals surface area (Å²) in [7, 11) is 0. The molecule has 4 heteroatoms. The van der Waals surface area contributed by atoms with Gasteiger partial charge in [-0.1, -0.05) is 360 Å². The second-order valence-corrected chi connectivity index (χ2v) is 34.3. The Morgan fingerprint density at radius 3 is 0.947 bits per heavy atom. The van der Waals surface area contributed by atoms with Crippen LogP contribution in [0, 0.1) is 0 Å². The van der Waals surface area contributed by atoms with Crippen molar-refractivity contribution < 1.29 is 0 Å². The van der Waals surface area contributed by atoms with Crippen LogP contribution in [-0.4, -0.2) is 11.3 Å². The molecule has 0 radical (unpaired) electrons. The number of benzene rings is 17. The van der Waals surface area contributed by atoms with Crippen LogP contribution in [0.5, 0.6) is 0 Å². The van der Waals surface area contributed by atoms with Crippen LogP contribution >= 0.6 is 0 Å². The Kier molecular flexibility index (Phi) is 16.7. The molecule has 0 spiro atoms. The molecule has 0 aliphatic carbocycles. The van der Waals surface area contributed by atoms with E-state index < -0.39 is 0 Å². The zero-order valence-corrected chi connectivity index (χ0v) is 66.1. The summed E-state index contributed by atoms with van der Waals surface area (Å²) >= 11 is 0. The lowest BCUT2D eigenvalue weighted by molar-refractivity contribution is 0.590. The first-order valence-electron chi connectivity index (χ1n) is 40.3. The van der Waals surface area contributed by atoms with E-state index in [2.05, 4.69) is 447 Å². The van der Waals surface area contributed by atoms with Gasteiger partial charge in [-0.3, -0.25) is 0 Å². The van der Waals surface area contributed by atoms with Crippen molar-refractivity contribution in [1.29, 1.82) is 0 Å². The van der Waals surface area contributed by atoms with Gasteiger partial charge in [0.05, 0.1) is 22.4 Å². The van der Waals surface area contributed by atoms with Gasteiger partial charge in [0, 0.05) is 61.5 Å². The van der Waals surface area contributed by atoms with E-state index in [4.69, 9.17) is 0 Å². The summed E-state index contributed by atoms with van der Waals surface area (Å²) in [6, 6.07) is 141. The third-order valence-electron chi connectivity index (χ3n) is 24.2. The third-order valence-corrected chi connectivity index (χ3v) is 24.2. The van der Waals surface area contributed by atoms with E-state index in [0.717, 1.165) is 78.8 Å². The van der Waals surface area contributed by atoms with Crippen LogP contribution in [0.15, 0.2) is 370 Å². The molecule has 3 heterocycles. The Morgan fingerprint density at radius 2 is 0.544 bits per heavy atom. The van der Waals surface area contributed by atoms with Crippen molar-refractivity contribution in [2.75, 3.05) is 9.80 Å². The summed E-state index contributed by atoms with van der Waals surface area (Å²) in [6.07, 6.45) is 0. The molecule has 0 amide bonds. The minimum absolute atomic E-state index is 0.203. The van der Waals surface area contributed by atoms with Gasteiger partial charge in [0.2, 0.25) is 0 Å². The quantitative estimate of drug-likeness (QED) is 0.0944. The molecule has 3 nitrogen and oxygen atoms in total. The predicted molar refractivity (Wildman–Crippen MR) is 489 cm³/mol. The average Bonchev–Trinajstić information content (AvgIpc) is 0.696. The summed E-state index contributed by atoms with van der Waals surface area (Å²) in [5.41, 5.74) is 35.7. The highest BCUT2D eigenvalue weighted by Gasteiger charge is 2.47. The minimum Gasteiger partial charge on any atom is -0.310 e. The lowest BCUT2D eigenvalue weighted by Crippen LogP contribution is -2.61. The van der Waals surface area contributed by atoms with Crippen molar-refractivity contribution in [3.05, 3.63) is 387 Å². The lowest BCUT2D eigenvalue weighted by Gasteiger charge is -2.47. The molecule has 114 heavy (non-hydrogen) atoms. The van der Waals surface area contributed by atoms with E-state index in [1.807, 2.05) is 0 Å². The van der Waals surface area contributed by atoms with Gasteiger partial charge in [0.25, 0.3) is 6.71 Å². The molecule has 1 aromatic heterocycles. The van der Waals surface area contributed by atoms with E-state index in [9.17, 15) is 0 Å². The predicted octanol–water partition coefficient (Wildman–Crippen LogP) is 28.4. The molecular weight excluding hydrogens is 1370 g/mol. The van der Waals surface area contributed by atoms with Gasteiger partial charge in [-0.15, -0.1) is 0 Å². The molecule has 546 valence electrons. The van der Waals surface area contributed by atoms with Gasteiger partial charge in [0.15, 0.2) is 0 Å². The fourth-order valence-electron chi connectivity index (χ4n) is 18.5. The highest BCUT2D eigenvalue weighted by atomic mass is 15.2. The zero-order chi connectivity index (χ0) is 77.3. The van der Waals surface area contributed by atoms with E-state index >= 15 is 0 Å². The number of nitrogens with zero attached hydrogens (tertiary/aromatic N) is 3. The van der Waals surface area contributed by atoms with Crippen molar-refractivity contribution in [1.82, 2.24) is 4.57 Å². The highest BCUT2D eigenvalue weighted by Crippen LogP contribution is 2.57. The van der Waals surface area contributed by atoms with Crippen molar-refractivity contribution in [3.63, 3.8) is 0 Å². The number of rotatable bonds is 11. The Hall–Kier alpha value is -13.3. The molecule has 0 fully saturated rings. The molecule has 20 rings (SSSR count). The largest absolute Gasteiger partial charge is 0.310 e. The summed E-state index contributed by atoms with van der Waals surface area (Å²) in [4.78, 5) is 5.50. The maximum Gasteiger partial charge on any atom is 0.252 e. The van der Waals surface area contributed by atoms with Crippen LogP contribution in [0.1, 0.15) is 79.0 Å². The van der Waals surface area contributed by atoms with Crippen molar-refractivity contribution >= 4 is 101 Å². The first kappa shape index (κ1) is 69.9. The topological polar surface area (TPSA) is 11.4 Å². The molecule has 2 aliphatic rings. The van der Waals surface area contributed by atoms with Gasteiger partial charge in [-0.25, -0.2) is 0 Å². The van der Waals surface area contributed by atoms with Gasteiger partial charge < -0.3 is 14.4 Å². The van der Waals surface area contributed by atoms with Crippen LogP contribution in [0.3, 0.4) is 0 Å². The molecule has 2 aliphatic heterocycles. The number of aromatic nitrogens is 1. The van der Waals surface area contributed by atoms with Crippen molar-refractivity contribution in [2.45, 2.75) is 78.6 Å². The Labute approximate surface area is 670 Å². The first-order valence-corrected chi connectivity index (χ1v) is 40.3. The summed E-state index contributed by atoms with van der Waals surface area (Å²) in [6.45, 7) is 21.1. The molecule has 0 bridgehead atoms. The first-order chi connectivity index (χ1) is 55.5. The van der Waals surface area contributed by atoms with E-state index in [-0.39, 0.29) is 23.0 Å². The molecule has 0 unspecified atom stereocenters. The van der Waals surface area contributed by atoms with Gasteiger partial charge in [-0.05, 0) is 210 Å². The second-order valence-electron chi connectivity index (χ2n) is 34.3. The number of fused-ring (bicyclic) bond motifs is 9. The Morgan fingerprint density at radius 1 is 0.219 bits per heavy atom. The second kappa shape index (κ2) is 27.3. The van der Waals surface area contributed by atoms with Crippen LogP contribution in [0.2, 0.25) is 0 Å². The fraction of sp³-hybridized carbons (Fsp3) is 0.109. The molecule has 0 saturated carbocycles. The lowest BCUT2D eigenvalue weighted by atomic mass is 9.33. The standard InChI is InChI=1S/C110H88BN3/c1-108(2,3)79-64-90(73-40-20-12-21-41-73)106(91(65-79)74-42-22-13-23-43-74)113-99-63-78(103-86-50-28-30-52-88(86)104(89-53-31-29-51-87(89)103)94-62-77(71-36-16-10-17-37-71)56-59-83(94)72-38-18-11-19-39-72)57-60-95(99)111-96-61-58-82(112-97-54-34-32-48-84(97)85-49-33-35-55-98(85)112)70-100(96)114(102-69-81(110(7,8)9)68-101(113)105(102)111)107-92(75-44-24-14-25-45-75)66-80(109(4,5)6)67-93(107)76-46-26-15-27-47-76/h10-70H,1-9H3. The normalized spacial score (nSPS) is 12.7. The maximum absolute atomic E-state index is 2.76. The fourth-order valence-corrected chi connectivity index (χ4v) is 18.5. The summed E-state index contributed by atoms with van der Waals surface area (Å²) in [5.74, 6) is 0. The van der Waals surface area contributed by atoms with E-state index in [1.54, 1.807) is 0 Å². The third kappa shape index (κ3) is 11.7. The van der Waals surface area contributed by atoms with E-state index in [1.165, 1.54) is 127 Å². The van der Waals surface area contributed by atoms with Crippen LogP contribution in [0.4, 0.5) is 34.1 Å². The minimum atomic E-state index is -0.354. The molecule has 0 saturated heterocycles. The maximum atomic E-state index is 2.76. The molecular formula is C110H88BN3. The van der Waals surface area contributed by atoms with Gasteiger partial charge in [0.1, 0.15) is 0 Å². The molecule has 0 N–H and O–H groups in total. The highest BCUT2D eigenvalue weighted by molar-refractivity contribution is 7.00. The summed E-state index contributed by atoms with van der Waals surface area (Å²) < 4.78 is 2.51. The van der Waals surface area contributed by atoms with E-state index in [0.29, 0.717) is 0 Å². The molecule has 0 atom stereocenters. The zero-order valence-electron chi connectivity index (χ0n) is 66.1. The molecule has 18 aromatic rings. The summed E-state index contributed by atoms with van der Waals surface area (Å²) in [5, 5.41) is 7.23. The van der Waals surface area contributed by atoms with Crippen LogP contribution in [-0.2, 0) is 16.2 Å². The number of hydrogen-bond donors (Lipinski definition) is 0.